The molecule has 0 heteroatoms. The van der Waals surface area contributed by atoms with Crippen LogP contribution < -0.4 is 0 Å². The predicted molar refractivity (Wildman–Crippen MR) is 167 cm³/mol. The summed E-state index contributed by atoms with van der Waals surface area (Å²) in [6.45, 7) is 6.75. The van der Waals surface area contributed by atoms with Crippen molar-refractivity contribution in [2.24, 2.45) is 0 Å². The Hall–Kier alpha value is -4.16. The van der Waals surface area contributed by atoms with Gasteiger partial charge in [-0.25, -0.2) is 0 Å². The molecule has 0 spiro atoms. The fourth-order valence-corrected chi connectivity index (χ4v) is 6.33. The van der Waals surface area contributed by atoms with Crippen LogP contribution in [0, 0.1) is 13.8 Å². The first-order valence-electron chi connectivity index (χ1n) is 13.9. The highest BCUT2D eigenvalue weighted by molar-refractivity contribution is 6.34. The topological polar surface area (TPSA) is 0 Å². The molecule has 0 bridgehead atoms. The molecule has 0 saturated carbocycles. The summed E-state index contributed by atoms with van der Waals surface area (Å²) in [4.78, 5) is 0. The molecule has 0 radical (unpaired) electrons. The molecular formula is C38H32. The fraction of sp³-hybridized carbons (Fsp3) is 0.158. The van der Waals surface area contributed by atoms with Gasteiger partial charge in [0.1, 0.15) is 0 Å². The summed E-state index contributed by atoms with van der Waals surface area (Å²) in [6, 6.07) is 39.0. The number of benzene rings is 7. The summed E-state index contributed by atoms with van der Waals surface area (Å²) in [5.74, 6) is 0. The molecule has 7 aromatic carbocycles. The molecule has 0 nitrogen and oxygen atoms in total. The first kappa shape index (κ1) is 23.0. The van der Waals surface area contributed by atoms with Crippen molar-refractivity contribution in [2.45, 2.75) is 40.0 Å². The van der Waals surface area contributed by atoms with Crippen LogP contribution >= 0.6 is 0 Å². The van der Waals surface area contributed by atoms with Crippen molar-refractivity contribution >= 4 is 43.1 Å². The zero-order valence-electron chi connectivity index (χ0n) is 22.4. The van der Waals surface area contributed by atoms with E-state index in [0.717, 1.165) is 6.42 Å². The van der Waals surface area contributed by atoms with Gasteiger partial charge in [0.15, 0.2) is 0 Å². The summed E-state index contributed by atoms with van der Waals surface area (Å²) >= 11 is 0. The fourth-order valence-electron chi connectivity index (χ4n) is 6.33. The van der Waals surface area contributed by atoms with Crippen LogP contribution in [0.2, 0.25) is 0 Å². The lowest BCUT2D eigenvalue weighted by Crippen LogP contribution is -1.92. The second-order valence-corrected chi connectivity index (χ2v) is 10.9. The molecule has 38 heavy (non-hydrogen) atoms. The zero-order chi connectivity index (χ0) is 25.8. The Morgan fingerprint density at radius 1 is 0.447 bits per heavy atom. The van der Waals surface area contributed by atoms with Gasteiger partial charge < -0.3 is 0 Å². The normalized spacial score (nSPS) is 11.9. The molecule has 0 N–H and O–H groups in total. The highest BCUT2D eigenvalue weighted by atomic mass is 14.2. The molecule has 0 aliphatic heterocycles. The average molecular weight is 489 g/mol. The van der Waals surface area contributed by atoms with E-state index in [9.17, 15) is 0 Å². The van der Waals surface area contributed by atoms with Gasteiger partial charge in [0.05, 0.1) is 0 Å². The first-order valence-corrected chi connectivity index (χ1v) is 13.9. The summed E-state index contributed by atoms with van der Waals surface area (Å²) < 4.78 is 0. The molecule has 7 rings (SSSR count). The van der Waals surface area contributed by atoms with Gasteiger partial charge in [-0.15, -0.1) is 0 Å². The highest BCUT2D eigenvalue weighted by Crippen LogP contribution is 2.45. The number of rotatable bonds is 5. The summed E-state index contributed by atoms with van der Waals surface area (Å²) in [5.41, 5.74) is 9.23. The largest absolute Gasteiger partial charge is 0.0654 e. The van der Waals surface area contributed by atoms with E-state index in [-0.39, 0.29) is 0 Å². The van der Waals surface area contributed by atoms with Crippen molar-refractivity contribution < 1.29 is 0 Å². The molecule has 0 fully saturated rings. The molecule has 0 aromatic heterocycles. The predicted octanol–water partition coefficient (Wildman–Crippen LogP) is 11.0. The first-order chi connectivity index (χ1) is 18.6. The van der Waals surface area contributed by atoms with E-state index < -0.39 is 0 Å². The van der Waals surface area contributed by atoms with Gasteiger partial charge in [0.2, 0.25) is 0 Å². The zero-order valence-corrected chi connectivity index (χ0v) is 22.4. The number of fused-ring (bicyclic) bond motifs is 2. The molecule has 0 unspecified atom stereocenters. The van der Waals surface area contributed by atoms with Gasteiger partial charge in [-0.05, 0) is 133 Å². The Kier molecular flexibility index (Phi) is 5.44. The monoisotopic (exact) mass is 488 g/mol. The smallest absolute Gasteiger partial charge is 0.00233 e. The van der Waals surface area contributed by atoms with Gasteiger partial charge in [-0.3, -0.25) is 0 Å². The van der Waals surface area contributed by atoms with Gasteiger partial charge in [0, 0.05) is 0 Å². The van der Waals surface area contributed by atoms with E-state index in [4.69, 9.17) is 0 Å². The van der Waals surface area contributed by atoms with Crippen LogP contribution in [0.15, 0.2) is 103 Å². The Morgan fingerprint density at radius 2 is 0.947 bits per heavy atom. The maximum absolute atomic E-state index is 2.43. The standard InChI is InChI=1S/C38H32/c1-4-5-9-26-14-16-28(17-15-26)30-21-34-25(3)13-18-31-35-22-29(27-10-7-6-8-11-27)20-33-24(2)12-19-32(37(33)35)36(23-30)38(31)34/h6-8,10-23H,4-5,9H2,1-3H3. The number of hydrogen-bond acceptors (Lipinski definition) is 0. The quantitative estimate of drug-likeness (QED) is 0.167. The Labute approximate surface area is 224 Å². The van der Waals surface area contributed by atoms with E-state index in [2.05, 4.69) is 124 Å². The lowest BCUT2D eigenvalue weighted by Gasteiger charge is -2.19. The lowest BCUT2D eigenvalue weighted by molar-refractivity contribution is 0.795. The minimum Gasteiger partial charge on any atom is -0.0654 e. The maximum Gasteiger partial charge on any atom is -0.00233 e. The lowest BCUT2D eigenvalue weighted by atomic mass is 9.84. The molecule has 0 aliphatic carbocycles. The average Bonchev–Trinajstić information content (AvgIpc) is 2.96. The summed E-state index contributed by atoms with van der Waals surface area (Å²) in [6.07, 6.45) is 3.64. The Balaban J connectivity index is 1.55. The highest BCUT2D eigenvalue weighted by Gasteiger charge is 2.17. The summed E-state index contributed by atoms with van der Waals surface area (Å²) in [7, 11) is 0. The van der Waals surface area contributed by atoms with Crippen LogP contribution in [0.4, 0.5) is 0 Å². The molecule has 0 amide bonds. The van der Waals surface area contributed by atoms with Crippen LogP contribution in [0.3, 0.4) is 0 Å². The van der Waals surface area contributed by atoms with Gasteiger partial charge in [-0.2, -0.15) is 0 Å². The van der Waals surface area contributed by atoms with Crippen molar-refractivity contribution in [3.8, 4) is 22.3 Å². The third-order valence-electron chi connectivity index (χ3n) is 8.46. The number of unbranched alkanes of at least 4 members (excludes halogenated alkanes) is 1. The van der Waals surface area contributed by atoms with Crippen LogP contribution in [-0.4, -0.2) is 0 Å². The van der Waals surface area contributed by atoms with E-state index in [1.54, 1.807) is 0 Å². The van der Waals surface area contributed by atoms with Crippen LogP contribution in [0.5, 0.6) is 0 Å². The van der Waals surface area contributed by atoms with E-state index in [0.29, 0.717) is 0 Å². The minimum atomic E-state index is 1.16. The van der Waals surface area contributed by atoms with Crippen molar-refractivity contribution in [2.75, 3.05) is 0 Å². The van der Waals surface area contributed by atoms with Gasteiger partial charge in [0.25, 0.3) is 0 Å². The van der Waals surface area contributed by atoms with Crippen molar-refractivity contribution in [1.82, 2.24) is 0 Å². The van der Waals surface area contributed by atoms with Crippen molar-refractivity contribution in [1.29, 1.82) is 0 Å². The molecule has 0 saturated heterocycles. The van der Waals surface area contributed by atoms with E-state index in [1.807, 2.05) is 0 Å². The molecule has 7 aromatic rings. The third-order valence-corrected chi connectivity index (χ3v) is 8.46. The van der Waals surface area contributed by atoms with Crippen LogP contribution in [0.1, 0.15) is 36.5 Å². The molecule has 184 valence electrons. The van der Waals surface area contributed by atoms with Crippen LogP contribution in [0.25, 0.3) is 65.3 Å². The second kappa shape index (κ2) is 8.99. The van der Waals surface area contributed by atoms with Gasteiger partial charge in [-0.1, -0.05) is 92.2 Å². The summed E-state index contributed by atoms with van der Waals surface area (Å²) in [5, 5.41) is 10.9. The SMILES string of the molecule is CCCCc1ccc(-c2cc3c(C)ccc4c5cc(-c6ccccc6)cc6c(C)ccc(c(c2)c34)c65)cc1. The molecule has 0 atom stereocenters. The molecule has 0 aliphatic rings. The number of aryl methyl sites for hydroxylation is 3. The number of hydrogen-bond donors (Lipinski definition) is 0. The molecular weight excluding hydrogens is 456 g/mol. The van der Waals surface area contributed by atoms with Crippen molar-refractivity contribution in [3.05, 3.63) is 120 Å². The van der Waals surface area contributed by atoms with Gasteiger partial charge >= 0.3 is 0 Å². The van der Waals surface area contributed by atoms with E-state index in [1.165, 1.54) is 94.9 Å². The Bertz CT molecular complexity index is 1940. The Morgan fingerprint density at radius 3 is 1.47 bits per heavy atom. The van der Waals surface area contributed by atoms with Crippen LogP contribution in [-0.2, 0) is 6.42 Å². The van der Waals surface area contributed by atoms with E-state index >= 15 is 0 Å². The third kappa shape index (κ3) is 3.59. The maximum atomic E-state index is 2.43. The van der Waals surface area contributed by atoms with Crippen molar-refractivity contribution in [3.63, 3.8) is 0 Å². The molecule has 0 heterocycles. The minimum absolute atomic E-state index is 1.16. The second-order valence-electron chi connectivity index (χ2n) is 10.9.